The molecule has 1 aliphatic heterocycles. The lowest BCUT2D eigenvalue weighted by Crippen LogP contribution is -2.39. The van der Waals surface area contributed by atoms with E-state index < -0.39 is 34.0 Å². The van der Waals surface area contributed by atoms with Gasteiger partial charge in [0.1, 0.15) is 0 Å². The number of aryl methyl sites for hydroxylation is 1. The van der Waals surface area contributed by atoms with Gasteiger partial charge in [0.05, 0.1) is 9.79 Å². The number of sulfone groups is 1. The van der Waals surface area contributed by atoms with Crippen molar-refractivity contribution in [3.05, 3.63) is 53.2 Å². The summed E-state index contributed by atoms with van der Waals surface area (Å²) in [5, 5.41) is 37.3. The molecule has 1 fully saturated rings. The number of nitrogens with zero attached hydrogens (tertiary/aromatic N) is 1. The van der Waals surface area contributed by atoms with Crippen LogP contribution in [0.4, 0.5) is 5.69 Å². The number of piperidine rings is 1. The van der Waals surface area contributed by atoms with E-state index in [4.69, 9.17) is 32.0 Å². The number of benzene rings is 2. The molecule has 0 radical (unpaired) electrons. The Kier molecular flexibility index (Phi) is 9.39. The highest BCUT2D eigenvalue weighted by Crippen LogP contribution is 2.32. The number of hydrogen-bond acceptors (Lipinski definition) is 8. The molecule has 1 saturated heterocycles. The zero-order chi connectivity index (χ0) is 28.2. The third kappa shape index (κ3) is 6.83. The summed E-state index contributed by atoms with van der Waals surface area (Å²) in [5.74, 6) is -3.54. The van der Waals surface area contributed by atoms with Crippen molar-refractivity contribution in [1.82, 2.24) is 9.88 Å². The van der Waals surface area contributed by atoms with Crippen molar-refractivity contribution in [1.29, 1.82) is 0 Å². The lowest BCUT2D eigenvalue weighted by molar-refractivity contribution is -0.165. The molecule has 6 N–H and O–H groups in total. The molecule has 11 nitrogen and oxygen atoms in total. The predicted molar refractivity (Wildman–Crippen MR) is 141 cm³/mol. The molecular weight excluding hydrogens is 538 g/mol. The van der Waals surface area contributed by atoms with Gasteiger partial charge in [-0.15, -0.1) is 0 Å². The fraction of sp³-hybridized carbons (Fsp3) is 0.360. The quantitative estimate of drug-likeness (QED) is 0.248. The summed E-state index contributed by atoms with van der Waals surface area (Å²) in [7, 11) is -1.52. The Bertz CT molecular complexity index is 1400. The van der Waals surface area contributed by atoms with Crippen molar-refractivity contribution in [2.75, 3.05) is 25.5 Å². The molecule has 3 aromatic rings. The molecule has 206 valence electrons. The van der Waals surface area contributed by atoms with Crippen LogP contribution in [0.5, 0.6) is 0 Å². The standard InChI is InChI=1S/C21H24ClN3O2S.C4H6O6/c1-14-3-5-17(12-19(14)24-16-7-9-25(2)10-8-16)28(26,27)21-13-23-20-11-15(22)4-6-18(20)21;5-1(3(7)8)2(6)4(9)10/h3-6,11-13,16,23-24H,7-10H2,1-2H3;1-2,5-6H,(H,7,8)(H,9,10). The molecule has 13 heteroatoms. The van der Waals surface area contributed by atoms with Gasteiger partial charge in [0.15, 0.2) is 12.2 Å². The number of H-pyrrole nitrogens is 1. The van der Waals surface area contributed by atoms with E-state index in [0.717, 1.165) is 37.2 Å². The second-order valence-electron chi connectivity index (χ2n) is 9.11. The highest BCUT2D eigenvalue weighted by atomic mass is 35.5. The average Bonchev–Trinajstić information content (AvgIpc) is 3.29. The van der Waals surface area contributed by atoms with Crippen LogP contribution in [0, 0.1) is 6.92 Å². The minimum absolute atomic E-state index is 0.272. The maximum absolute atomic E-state index is 13.3. The number of aliphatic hydroxyl groups excluding tert-OH is 2. The number of aliphatic hydroxyl groups is 2. The van der Waals surface area contributed by atoms with Gasteiger partial charge in [-0.05, 0) is 69.7 Å². The first-order valence-electron chi connectivity index (χ1n) is 11.7. The molecule has 0 aliphatic carbocycles. The Morgan fingerprint density at radius 3 is 2.24 bits per heavy atom. The van der Waals surface area contributed by atoms with E-state index >= 15 is 0 Å². The molecule has 0 bridgehead atoms. The summed E-state index contributed by atoms with van der Waals surface area (Å²) in [5.41, 5.74) is 2.64. The topological polar surface area (TPSA) is 180 Å². The first-order chi connectivity index (χ1) is 17.8. The molecule has 1 aromatic heterocycles. The van der Waals surface area contributed by atoms with Gasteiger partial charge in [-0.25, -0.2) is 18.0 Å². The number of rotatable bonds is 7. The van der Waals surface area contributed by atoms with Crippen molar-refractivity contribution in [3.63, 3.8) is 0 Å². The van der Waals surface area contributed by atoms with Gasteiger partial charge in [0.25, 0.3) is 0 Å². The second-order valence-corrected chi connectivity index (χ2v) is 11.5. The largest absolute Gasteiger partial charge is 0.479 e. The number of halogens is 1. The van der Waals surface area contributed by atoms with E-state index in [2.05, 4.69) is 22.2 Å². The van der Waals surface area contributed by atoms with Gasteiger partial charge in [-0.1, -0.05) is 23.7 Å². The molecule has 2 atom stereocenters. The van der Waals surface area contributed by atoms with Crippen LogP contribution in [0.2, 0.25) is 5.02 Å². The van der Waals surface area contributed by atoms with Crippen LogP contribution in [-0.2, 0) is 19.4 Å². The van der Waals surface area contributed by atoms with E-state index in [1.165, 1.54) is 0 Å². The normalized spacial score (nSPS) is 16.3. The van der Waals surface area contributed by atoms with Gasteiger partial charge < -0.3 is 35.6 Å². The zero-order valence-electron chi connectivity index (χ0n) is 20.8. The Balaban J connectivity index is 0.000000342. The van der Waals surface area contributed by atoms with Gasteiger partial charge in [-0.2, -0.15) is 0 Å². The first kappa shape index (κ1) is 29.4. The molecule has 1 aliphatic rings. The first-order valence-corrected chi connectivity index (χ1v) is 13.6. The number of nitrogens with one attached hydrogen (secondary N) is 2. The smallest absolute Gasteiger partial charge is 0.335 e. The molecule has 0 spiro atoms. The van der Waals surface area contributed by atoms with Gasteiger partial charge in [-0.3, -0.25) is 0 Å². The number of hydrogen-bond donors (Lipinski definition) is 6. The van der Waals surface area contributed by atoms with Crippen LogP contribution >= 0.6 is 11.6 Å². The highest BCUT2D eigenvalue weighted by Gasteiger charge is 2.29. The summed E-state index contributed by atoms with van der Waals surface area (Å²) < 4.78 is 26.6. The number of aromatic nitrogens is 1. The fourth-order valence-electron chi connectivity index (χ4n) is 3.99. The van der Waals surface area contributed by atoms with E-state index in [-0.39, 0.29) is 4.90 Å². The summed E-state index contributed by atoms with van der Waals surface area (Å²) in [6, 6.07) is 10.9. The number of aromatic amines is 1. The third-order valence-corrected chi connectivity index (χ3v) is 8.32. The van der Waals surface area contributed by atoms with Crippen molar-refractivity contribution < 1.29 is 38.4 Å². The van der Waals surface area contributed by atoms with E-state index in [1.54, 1.807) is 36.5 Å². The third-order valence-electron chi connectivity index (χ3n) is 6.30. The molecule has 0 saturated carbocycles. The van der Waals surface area contributed by atoms with E-state index in [0.29, 0.717) is 26.9 Å². The SMILES string of the molecule is Cc1ccc(S(=O)(=O)c2c[nH]c3cc(Cl)ccc23)cc1NC1CCN(C)CC1.O=C(O)C(O)C(O)C(=O)O. The second kappa shape index (κ2) is 12.1. The summed E-state index contributed by atoms with van der Waals surface area (Å²) in [4.78, 5) is 25.4. The molecule has 0 amide bonds. The Morgan fingerprint density at radius 2 is 1.66 bits per heavy atom. The van der Waals surface area contributed by atoms with Crippen LogP contribution in [0.25, 0.3) is 10.9 Å². The number of aliphatic carboxylic acids is 2. The number of carboxylic acid groups (broad SMARTS) is 2. The van der Waals surface area contributed by atoms with Gasteiger partial charge in [0, 0.05) is 33.9 Å². The number of likely N-dealkylation sites (tertiary alicyclic amines) is 1. The Morgan fingerprint density at radius 1 is 1.05 bits per heavy atom. The van der Waals surface area contributed by atoms with Crippen LogP contribution in [-0.4, -0.2) is 89.1 Å². The van der Waals surface area contributed by atoms with E-state index in [9.17, 15) is 18.0 Å². The van der Waals surface area contributed by atoms with Crippen molar-refractivity contribution in [2.24, 2.45) is 0 Å². The maximum Gasteiger partial charge on any atom is 0.335 e. The van der Waals surface area contributed by atoms with Crippen LogP contribution < -0.4 is 5.32 Å². The summed E-state index contributed by atoms with van der Waals surface area (Å²) >= 11 is 6.02. The minimum atomic E-state index is -3.65. The van der Waals surface area contributed by atoms with Gasteiger partial charge >= 0.3 is 11.9 Å². The van der Waals surface area contributed by atoms with Gasteiger partial charge in [0.2, 0.25) is 9.84 Å². The predicted octanol–water partition coefficient (Wildman–Crippen LogP) is 2.35. The molecule has 4 rings (SSSR count). The Labute approximate surface area is 224 Å². The van der Waals surface area contributed by atoms with E-state index in [1.807, 2.05) is 13.0 Å². The minimum Gasteiger partial charge on any atom is -0.479 e. The maximum atomic E-state index is 13.3. The number of carbonyl (C=O) groups is 2. The molecule has 2 unspecified atom stereocenters. The summed E-state index contributed by atoms with van der Waals surface area (Å²) in [6.07, 6.45) is -0.887. The summed E-state index contributed by atoms with van der Waals surface area (Å²) in [6.45, 7) is 4.10. The van der Waals surface area contributed by atoms with Crippen molar-refractivity contribution >= 4 is 50.0 Å². The average molecular weight is 568 g/mol. The van der Waals surface area contributed by atoms with Crippen LogP contribution in [0.15, 0.2) is 52.4 Å². The molecular formula is C25H30ClN3O8S. The molecule has 2 heterocycles. The fourth-order valence-corrected chi connectivity index (χ4v) is 5.62. The zero-order valence-corrected chi connectivity index (χ0v) is 22.3. The molecule has 2 aromatic carbocycles. The Hall–Kier alpha value is -3.16. The monoisotopic (exact) mass is 567 g/mol. The van der Waals surface area contributed by atoms with Crippen molar-refractivity contribution in [2.45, 2.75) is 47.8 Å². The lowest BCUT2D eigenvalue weighted by atomic mass is 10.0. The van der Waals surface area contributed by atoms with Crippen molar-refractivity contribution in [3.8, 4) is 0 Å². The highest BCUT2D eigenvalue weighted by molar-refractivity contribution is 7.91. The van der Waals surface area contributed by atoms with Crippen LogP contribution in [0.3, 0.4) is 0 Å². The number of carboxylic acids is 2. The van der Waals surface area contributed by atoms with Crippen LogP contribution in [0.1, 0.15) is 18.4 Å². The number of anilines is 1. The lowest BCUT2D eigenvalue weighted by Gasteiger charge is -2.30. The number of fused-ring (bicyclic) bond motifs is 1. The molecule has 38 heavy (non-hydrogen) atoms.